The third-order valence-electron chi connectivity index (χ3n) is 2.74. The third kappa shape index (κ3) is 1.49. The molecule has 1 aliphatic carbocycles. The van der Waals surface area contributed by atoms with Gasteiger partial charge in [0.1, 0.15) is 0 Å². The van der Waals surface area contributed by atoms with E-state index in [0.717, 1.165) is 13.0 Å². The van der Waals surface area contributed by atoms with Gasteiger partial charge in [0.25, 0.3) is 0 Å². The van der Waals surface area contributed by atoms with E-state index in [4.69, 9.17) is 16.3 Å². The van der Waals surface area contributed by atoms with E-state index >= 15 is 0 Å². The van der Waals surface area contributed by atoms with Crippen molar-refractivity contribution < 1.29 is 4.74 Å². The molecule has 2 nitrogen and oxygen atoms in total. The lowest BCUT2D eigenvalue weighted by Gasteiger charge is -2.24. The lowest BCUT2D eigenvalue weighted by Crippen LogP contribution is -2.29. The van der Waals surface area contributed by atoms with Crippen LogP contribution in [0.2, 0.25) is 0 Å². The zero-order chi connectivity index (χ0) is 10.1. The maximum Gasteiger partial charge on any atom is 0.152 e. The Hall–Kier alpha value is -0.730. The van der Waals surface area contributed by atoms with Gasteiger partial charge in [-0.3, -0.25) is 0 Å². The molecule has 0 aromatic carbocycles. The second-order valence-corrected chi connectivity index (χ2v) is 4.13. The number of allylic oxidation sites excluding steroid dienone is 1. The van der Waals surface area contributed by atoms with Gasteiger partial charge in [0.15, 0.2) is 6.23 Å². The Morgan fingerprint density at radius 2 is 2.50 bits per heavy atom. The first-order chi connectivity index (χ1) is 6.76. The van der Waals surface area contributed by atoms with Gasteiger partial charge in [-0.25, -0.2) is 0 Å². The van der Waals surface area contributed by atoms with Gasteiger partial charge >= 0.3 is 0 Å². The quantitative estimate of drug-likeness (QED) is 0.650. The second kappa shape index (κ2) is 3.79. The second-order valence-electron chi connectivity index (χ2n) is 3.57. The summed E-state index contributed by atoms with van der Waals surface area (Å²) < 4.78 is 5.44. The van der Waals surface area contributed by atoms with E-state index < -0.39 is 0 Å². The van der Waals surface area contributed by atoms with Crippen LogP contribution in [0.15, 0.2) is 36.1 Å². The molecule has 14 heavy (non-hydrogen) atoms. The summed E-state index contributed by atoms with van der Waals surface area (Å²) in [7, 11) is 1.72. The van der Waals surface area contributed by atoms with E-state index in [1.807, 2.05) is 12.3 Å². The SMILES string of the molecule is C=CN1CC2=C(CC(Cl)C=C2)C1OC. The van der Waals surface area contributed by atoms with Crippen molar-refractivity contribution >= 4 is 11.6 Å². The highest BCUT2D eigenvalue weighted by molar-refractivity contribution is 6.22. The van der Waals surface area contributed by atoms with Crippen LogP contribution in [0, 0.1) is 0 Å². The standard InChI is InChI=1S/C11H14ClNO/c1-3-13-7-8-4-5-9(12)6-10(8)11(13)14-2/h3-5,9,11H,1,6-7H2,2H3. The molecule has 0 bridgehead atoms. The van der Waals surface area contributed by atoms with Gasteiger partial charge < -0.3 is 9.64 Å². The molecule has 0 fully saturated rings. The first-order valence-corrected chi connectivity index (χ1v) is 5.15. The molecule has 0 saturated heterocycles. The van der Waals surface area contributed by atoms with E-state index in [-0.39, 0.29) is 11.6 Å². The topological polar surface area (TPSA) is 12.5 Å². The van der Waals surface area contributed by atoms with E-state index in [0.29, 0.717) is 0 Å². The van der Waals surface area contributed by atoms with Crippen molar-refractivity contribution in [3.05, 3.63) is 36.1 Å². The molecule has 2 aliphatic rings. The van der Waals surface area contributed by atoms with Gasteiger partial charge in [-0.05, 0) is 23.8 Å². The third-order valence-corrected chi connectivity index (χ3v) is 3.04. The van der Waals surface area contributed by atoms with Gasteiger partial charge in [-0.2, -0.15) is 0 Å². The lowest BCUT2D eigenvalue weighted by atomic mass is 9.99. The van der Waals surface area contributed by atoms with Gasteiger partial charge in [0, 0.05) is 13.7 Å². The number of alkyl halides is 1. The summed E-state index contributed by atoms with van der Waals surface area (Å²) in [5.74, 6) is 0. The van der Waals surface area contributed by atoms with Gasteiger partial charge in [-0.1, -0.05) is 18.7 Å². The number of rotatable bonds is 2. The summed E-state index contributed by atoms with van der Waals surface area (Å²) in [6, 6.07) is 0. The van der Waals surface area contributed by atoms with Crippen molar-refractivity contribution in [2.45, 2.75) is 18.0 Å². The van der Waals surface area contributed by atoms with Crippen molar-refractivity contribution in [1.82, 2.24) is 4.90 Å². The summed E-state index contributed by atoms with van der Waals surface area (Å²) >= 11 is 6.08. The normalized spacial score (nSPS) is 30.9. The average Bonchev–Trinajstić information content (AvgIpc) is 2.54. The van der Waals surface area contributed by atoms with Crippen LogP contribution in [-0.2, 0) is 4.74 Å². The summed E-state index contributed by atoms with van der Waals surface area (Å²) in [5.41, 5.74) is 2.63. The number of hydrogen-bond acceptors (Lipinski definition) is 2. The van der Waals surface area contributed by atoms with Crippen molar-refractivity contribution in [2.75, 3.05) is 13.7 Å². The number of ether oxygens (including phenoxy) is 1. The maximum absolute atomic E-state index is 6.08. The van der Waals surface area contributed by atoms with Gasteiger partial charge in [0.2, 0.25) is 0 Å². The van der Waals surface area contributed by atoms with Crippen LogP contribution < -0.4 is 0 Å². The molecule has 0 aromatic heterocycles. The Labute approximate surface area is 89.5 Å². The van der Waals surface area contributed by atoms with Crippen molar-refractivity contribution in [3.8, 4) is 0 Å². The molecule has 76 valence electrons. The monoisotopic (exact) mass is 211 g/mol. The molecule has 0 radical (unpaired) electrons. The summed E-state index contributed by atoms with van der Waals surface area (Å²) in [5, 5.41) is 0.108. The summed E-state index contributed by atoms with van der Waals surface area (Å²) in [6.07, 6.45) is 6.89. The molecule has 2 rings (SSSR count). The predicted octanol–water partition coefficient (Wildman–Crippen LogP) is 2.28. The molecule has 0 amide bonds. The van der Waals surface area contributed by atoms with Crippen LogP contribution in [0.5, 0.6) is 0 Å². The molecule has 2 atom stereocenters. The number of halogens is 1. The number of methoxy groups -OCH3 is 1. The largest absolute Gasteiger partial charge is 0.358 e. The van der Waals surface area contributed by atoms with Crippen LogP contribution in [-0.4, -0.2) is 30.2 Å². The highest BCUT2D eigenvalue weighted by Gasteiger charge is 2.31. The molecule has 0 saturated carbocycles. The minimum absolute atomic E-state index is 0.0358. The maximum atomic E-state index is 6.08. The molecule has 1 heterocycles. The molecular weight excluding hydrogens is 198 g/mol. The number of hydrogen-bond donors (Lipinski definition) is 0. The molecule has 1 aliphatic heterocycles. The van der Waals surface area contributed by atoms with E-state index in [9.17, 15) is 0 Å². The number of nitrogens with zero attached hydrogens (tertiary/aromatic N) is 1. The first-order valence-electron chi connectivity index (χ1n) is 4.71. The van der Waals surface area contributed by atoms with Gasteiger partial charge in [-0.15, -0.1) is 11.6 Å². The molecule has 0 spiro atoms. The van der Waals surface area contributed by atoms with Crippen LogP contribution in [0.1, 0.15) is 6.42 Å². The van der Waals surface area contributed by atoms with Crippen molar-refractivity contribution in [3.63, 3.8) is 0 Å². The van der Waals surface area contributed by atoms with Gasteiger partial charge in [0.05, 0.1) is 5.38 Å². The molecule has 0 aromatic rings. The smallest absolute Gasteiger partial charge is 0.152 e. The minimum atomic E-state index is 0.0358. The van der Waals surface area contributed by atoms with Crippen LogP contribution in [0.25, 0.3) is 0 Å². The average molecular weight is 212 g/mol. The predicted molar refractivity (Wildman–Crippen MR) is 58.1 cm³/mol. The minimum Gasteiger partial charge on any atom is -0.358 e. The fraction of sp³-hybridized carbons (Fsp3) is 0.455. The molecular formula is C11H14ClNO. The molecule has 2 unspecified atom stereocenters. The highest BCUT2D eigenvalue weighted by atomic mass is 35.5. The zero-order valence-electron chi connectivity index (χ0n) is 8.24. The summed E-state index contributed by atoms with van der Waals surface area (Å²) in [4.78, 5) is 2.09. The Morgan fingerprint density at radius 1 is 1.71 bits per heavy atom. The van der Waals surface area contributed by atoms with Crippen LogP contribution in [0.3, 0.4) is 0 Å². The van der Waals surface area contributed by atoms with Crippen LogP contribution in [0.4, 0.5) is 0 Å². The Morgan fingerprint density at radius 3 is 3.14 bits per heavy atom. The zero-order valence-corrected chi connectivity index (χ0v) is 9.00. The first kappa shape index (κ1) is 9.81. The Bertz CT molecular complexity index is 308. The van der Waals surface area contributed by atoms with Crippen LogP contribution >= 0.6 is 11.6 Å². The Kier molecular flexibility index (Phi) is 2.66. The lowest BCUT2D eigenvalue weighted by molar-refractivity contribution is 0.0384. The summed E-state index contributed by atoms with van der Waals surface area (Å²) in [6.45, 7) is 4.67. The highest BCUT2D eigenvalue weighted by Crippen LogP contribution is 2.34. The molecule has 0 N–H and O–H groups in total. The fourth-order valence-corrected chi connectivity index (χ4v) is 2.31. The van der Waals surface area contributed by atoms with Crippen molar-refractivity contribution in [1.29, 1.82) is 0 Å². The van der Waals surface area contributed by atoms with Crippen molar-refractivity contribution in [2.24, 2.45) is 0 Å². The molecule has 3 heteroatoms. The van der Waals surface area contributed by atoms with E-state index in [2.05, 4.69) is 17.6 Å². The van der Waals surface area contributed by atoms with E-state index in [1.54, 1.807) is 7.11 Å². The van der Waals surface area contributed by atoms with E-state index in [1.165, 1.54) is 11.1 Å². The Balaban J connectivity index is 2.25. The fourth-order valence-electron chi connectivity index (χ4n) is 2.07.